The van der Waals surface area contributed by atoms with Gasteiger partial charge in [0.25, 0.3) is 11.6 Å². The van der Waals surface area contributed by atoms with Gasteiger partial charge in [-0.05, 0) is 24.3 Å². The van der Waals surface area contributed by atoms with Crippen molar-refractivity contribution < 1.29 is 55.0 Å². The molecule has 2 aromatic heterocycles. The van der Waals surface area contributed by atoms with Gasteiger partial charge in [-0.3, -0.25) is 11.5 Å². The normalized spacial score (nSPS) is 9.03. The molecule has 13 nitrogen and oxygen atoms in total. The summed E-state index contributed by atoms with van der Waals surface area (Å²) in [6.07, 6.45) is 5.16. The van der Waals surface area contributed by atoms with Crippen molar-refractivity contribution in [2.45, 2.75) is 0 Å². The number of aromatic amines is 2. The standard InChI is InChI=1S/2C5H5ClN2.2C4H4O4.H2O/c2*6-4-1-2-5(7)8-3-4;2*5-3(6)1-2-4(7)8;/h2*1-3H,(H2,7,8);2*1-2H,(H,5,6)(H,7,8);1H2/b;;2*2-1-;. The van der Waals surface area contributed by atoms with Gasteiger partial charge in [0.1, 0.15) is 12.4 Å². The Balaban J connectivity index is -0.000000360. The second kappa shape index (κ2) is 19.7. The van der Waals surface area contributed by atoms with Gasteiger partial charge in [-0.2, -0.15) is 0 Å². The summed E-state index contributed by atoms with van der Waals surface area (Å²) in [4.78, 5) is 43.4. The highest BCUT2D eigenvalue weighted by Crippen LogP contribution is 2.03. The molecule has 0 radical (unpaired) electrons. The number of nitrogens with two attached hydrogens (primary N) is 2. The lowest BCUT2D eigenvalue weighted by molar-refractivity contribution is -0.360. The summed E-state index contributed by atoms with van der Waals surface area (Å²) < 4.78 is 0. The molecule has 0 amide bonds. The van der Waals surface area contributed by atoms with E-state index in [0.29, 0.717) is 46.0 Å². The van der Waals surface area contributed by atoms with Gasteiger partial charge in [0.15, 0.2) is 0 Å². The van der Waals surface area contributed by atoms with Crippen LogP contribution in [0.25, 0.3) is 0 Å². The van der Waals surface area contributed by atoms with Gasteiger partial charge in [0, 0.05) is 24.3 Å². The van der Waals surface area contributed by atoms with Crippen LogP contribution in [0.3, 0.4) is 0 Å². The van der Waals surface area contributed by atoms with Gasteiger partial charge in [0.05, 0.1) is 22.0 Å². The summed E-state index contributed by atoms with van der Waals surface area (Å²) in [5.74, 6) is -4.37. The van der Waals surface area contributed by atoms with Crippen LogP contribution in [0.15, 0.2) is 61.0 Å². The van der Waals surface area contributed by atoms with Crippen molar-refractivity contribution in [3.63, 3.8) is 0 Å². The van der Waals surface area contributed by atoms with E-state index in [4.69, 9.17) is 44.9 Å². The number of carboxylic acid groups (broad SMARTS) is 4. The van der Waals surface area contributed by atoms with Crippen molar-refractivity contribution in [1.29, 1.82) is 0 Å². The first-order chi connectivity index (χ1) is 14.8. The van der Waals surface area contributed by atoms with Crippen LogP contribution < -0.4 is 31.6 Å². The van der Waals surface area contributed by atoms with Gasteiger partial charge in [-0.1, -0.05) is 23.2 Å². The van der Waals surface area contributed by atoms with Gasteiger partial charge in [-0.25, -0.2) is 19.6 Å². The highest BCUT2D eigenvalue weighted by molar-refractivity contribution is 6.30. The fourth-order valence-corrected chi connectivity index (χ4v) is 1.35. The molecule has 0 aliphatic heterocycles. The van der Waals surface area contributed by atoms with Gasteiger partial charge >= 0.3 is 11.9 Å². The Bertz CT molecular complexity index is 783. The van der Waals surface area contributed by atoms with Gasteiger partial charge in [0.2, 0.25) is 0 Å². The number of hydrogen-bond acceptors (Lipinski definition) is 8. The molecule has 2 aromatic rings. The minimum atomic E-state index is -1.51. The van der Waals surface area contributed by atoms with E-state index in [-0.39, 0.29) is 5.48 Å². The Morgan fingerprint density at radius 1 is 0.727 bits per heavy atom. The van der Waals surface area contributed by atoms with Crippen LogP contribution in [0.1, 0.15) is 0 Å². The number of halogens is 2. The van der Waals surface area contributed by atoms with Crippen LogP contribution >= 0.6 is 23.2 Å². The van der Waals surface area contributed by atoms with Crippen LogP contribution in [0.2, 0.25) is 10.0 Å². The number of H-pyrrole nitrogens is 2. The van der Waals surface area contributed by atoms with Crippen LogP contribution in [0.5, 0.6) is 0 Å². The predicted octanol–water partition coefficient (Wildman–Crippen LogP) is -2.60. The first-order valence-corrected chi connectivity index (χ1v) is 8.68. The number of carbonyl (C=O) groups is 4. The van der Waals surface area contributed by atoms with E-state index in [1.54, 1.807) is 36.7 Å². The van der Waals surface area contributed by atoms with E-state index in [9.17, 15) is 29.4 Å². The summed E-state index contributed by atoms with van der Waals surface area (Å²) in [5.41, 5.74) is 10.6. The molecule has 15 heteroatoms. The van der Waals surface area contributed by atoms with Crippen LogP contribution in [0.4, 0.5) is 11.6 Å². The summed E-state index contributed by atoms with van der Waals surface area (Å²) in [7, 11) is 0. The van der Waals surface area contributed by atoms with Crippen LogP contribution in [-0.2, 0) is 19.2 Å². The monoisotopic (exact) mass is 506 g/mol. The molecule has 0 atom stereocenters. The second-order valence-electron chi connectivity index (χ2n) is 4.91. The average Bonchev–Trinajstić information content (AvgIpc) is 2.71. The number of nitrogens with one attached hydrogen (secondary N) is 2. The summed E-state index contributed by atoms with van der Waals surface area (Å²) >= 11 is 11.0. The zero-order valence-corrected chi connectivity index (χ0v) is 18.0. The number of pyridine rings is 2. The van der Waals surface area contributed by atoms with E-state index < -0.39 is 23.9 Å². The molecule has 0 aromatic carbocycles. The third kappa shape index (κ3) is 27.8. The van der Waals surface area contributed by atoms with Crippen molar-refractivity contribution in [3.8, 4) is 0 Å². The zero-order chi connectivity index (χ0) is 25.1. The Morgan fingerprint density at radius 2 is 1.03 bits per heavy atom. The summed E-state index contributed by atoms with van der Waals surface area (Å²) in [6, 6.07) is 6.88. The Kier molecular flexibility index (Phi) is 20.0. The fourth-order valence-electron chi connectivity index (χ4n) is 1.11. The molecule has 0 saturated carbocycles. The lowest BCUT2D eigenvalue weighted by Gasteiger charge is -1.85. The van der Waals surface area contributed by atoms with Crippen molar-refractivity contribution >= 4 is 58.7 Å². The fraction of sp³-hybridized carbons (Fsp3) is 0. The van der Waals surface area contributed by atoms with E-state index in [2.05, 4.69) is 9.97 Å². The van der Waals surface area contributed by atoms with Crippen LogP contribution in [-0.4, -0.2) is 39.6 Å². The average molecular weight is 507 g/mol. The molecule has 0 spiro atoms. The lowest BCUT2D eigenvalue weighted by atomic mass is 10.5. The molecule has 0 fully saturated rings. The van der Waals surface area contributed by atoms with Crippen LogP contribution in [0, 0.1) is 0 Å². The molecule has 10 N–H and O–H groups in total. The Hall–Kier alpha value is -4.20. The molecular weight excluding hydrogens is 487 g/mol. The molecule has 0 unspecified atom stereocenters. The number of rotatable bonds is 4. The molecular formula is C18H20Cl2N4O9. The minimum Gasteiger partial charge on any atom is -0.545 e. The minimum absolute atomic E-state index is 0. The summed E-state index contributed by atoms with van der Waals surface area (Å²) in [6.45, 7) is 0. The number of carbonyl (C=O) groups excluding carboxylic acids is 2. The van der Waals surface area contributed by atoms with Crippen molar-refractivity contribution in [2.75, 3.05) is 11.5 Å². The maximum absolute atomic E-state index is 9.53. The first-order valence-electron chi connectivity index (χ1n) is 7.92. The van der Waals surface area contributed by atoms with E-state index >= 15 is 0 Å². The lowest BCUT2D eigenvalue weighted by Crippen LogP contribution is -2.19. The third-order valence-electron chi connectivity index (χ3n) is 2.32. The molecule has 0 bridgehead atoms. The molecule has 0 saturated heterocycles. The highest BCUT2D eigenvalue weighted by atomic mass is 35.5. The van der Waals surface area contributed by atoms with Crippen molar-refractivity contribution in [2.24, 2.45) is 0 Å². The number of anilines is 2. The number of hydrogen-bond donors (Lipinski definition) is 4. The van der Waals surface area contributed by atoms with E-state index in [1.807, 2.05) is 0 Å². The van der Waals surface area contributed by atoms with E-state index in [0.717, 1.165) is 0 Å². The molecule has 2 rings (SSSR count). The largest absolute Gasteiger partial charge is 0.545 e. The molecule has 2 heterocycles. The maximum Gasteiger partial charge on any atom is 0.328 e. The van der Waals surface area contributed by atoms with Gasteiger partial charge in [-0.15, -0.1) is 0 Å². The number of nitrogen functional groups attached to an aromatic ring is 2. The first kappa shape index (κ1) is 33.4. The van der Waals surface area contributed by atoms with Crippen molar-refractivity contribution in [1.82, 2.24) is 0 Å². The molecule has 180 valence electrons. The van der Waals surface area contributed by atoms with Gasteiger partial charge < -0.3 is 35.5 Å². The zero-order valence-electron chi connectivity index (χ0n) is 16.5. The third-order valence-corrected chi connectivity index (χ3v) is 2.79. The topological polar surface area (TPSA) is 267 Å². The number of carboxylic acids is 4. The van der Waals surface area contributed by atoms with E-state index in [1.165, 1.54) is 0 Å². The highest BCUT2D eigenvalue weighted by Gasteiger charge is 1.90. The molecule has 0 aliphatic rings. The predicted molar refractivity (Wildman–Crippen MR) is 112 cm³/mol. The molecule has 0 aliphatic carbocycles. The van der Waals surface area contributed by atoms with Crippen molar-refractivity contribution in [3.05, 3.63) is 71.0 Å². The number of aromatic nitrogens is 2. The SMILES string of the molecule is Nc1ccc(Cl)c[nH+]1.Nc1ccc(Cl)c[nH+]1.O.O=C([O-])/C=C\C(=O)O.O=C([O-])/C=C\C(=O)O. The Morgan fingerprint density at radius 3 is 1.15 bits per heavy atom. The second-order valence-corrected chi connectivity index (χ2v) is 5.78. The Labute approximate surface area is 196 Å². The number of aliphatic carboxylic acids is 4. The maximum atomic E-state index is 9.53. The smallest absolute Gasteiger partial charge is 0.328 e. The molecule has 33 heavy (non-hydrogen) atoms. The quantitative estimate of drug-likeness (QED) is 0.313. The summed E-state index contributed by atoms with van der Waals surface area (Å²) in [5, 5.41) is 35.8.